The summed E-state index contributed by atoms with van der Waals surface area (Å²) in [5.41, 5.74) is 5.89. The fourth-order valence-corrected chi connectivity index (χ4v) is 1.28. The zero-order valence-electron chi connectivity index (χ0n) is 5.96. The normalized spacial score (nSPS) is 15.5. The predicted molar refractivity (Wildman–Crippen MR) is 41.7 cm³/mol. The van der Waals surface area contributed by atoms with E-state index >= 15 is 0 Å². The van der Waals surface area contributed by atoms with Gasteiger partial charge in [0.25, 0.3) is 0 Å². The van der Waals surface area contributed by atoms with E-state index in [0.29, 0.717) is 0 Å². The third-order valence-electron chi connectivity index (χ3n) is 1.86. The van der Waals surface area contributed by atoms with Gasteiger partial charge in [0, 0.05) is 13.6 Å². The van der Waals surface area contributed by atoms with Crippen molar-refractivity contribution >= 4 is 5.69 Å². The number of hydrazine groups is 1. The summed E-state index contributed by atoms with van der Waals surface area (Å²) in [6, 6.07) is 8.39. The van der Waals surface area contributed by atoms with Crippen LogP contribution in [0.15, 0.2) is 24.3 Å². The second-order valence-electron chi connectivity index (χ2n) is 2.52. The van der Waals surface area contributed by atoms with Gasteiger partial charge in [-0.1, -0.05) is 18.2 Å². The second-order valence-corrected chi connectivity index (χ2v) is 2.52. The summed E-state index contributed by atoms with van der Waals surface area (Å²) in [7, 11) is 2.03. The van der Waals surface area contributed by atoms with Gasteiger partial charge in [0.1, 0.15) is 0 Å². The number of nitrogens with zero attached hydrogens (tertiary/aromatic N) is 1. The molecule has 0 saturated carbocycles. The summed E-state index contributed by atoms with van der Waals surface area (Å²) < 4.78 is 0. The highest BCUT2D eigenvalue weighted by Crippen LogP contribution is 2.21. The summed E-state index contributed by atoms with van der Waals surface area (Å²) in [5, 5.41) is 2.05. The minimum atomic E-state index is 0.965. The smallest absolute Gasteiger partial charge is 0.0562 e. The zero-order chi connectivity index (χ0) is 6.97. The molecule has 0 unspecified atom stereocenters. The first kappa shape index (κ1) is 5.74. The molecular formula is C8H10N2. The first-order chi connectivity index (χ1) is 4.88. The average Bonchev–Trinajstić information content (AvgIpc) is 2.34. The average molecular weight is 134 g/mol. The molecule has 1 aromatic carbocycles. The van der Waals surface area contributed by atoms with Gasteiger partial charge < -0.3 is 5.01 Å². The first-order valence-electron chi connectivity index (χ1n) is 3.43. The van der Waals surface area contributed by atoms with Crippen LogP contribution >= 0.6 is 0 Å². The Morgan fingerprint density at radius 2 is 2.20 bits per heavy atom. The zero-order valence-corrected chi connectivity index (χ0v) is 5.96. The van der Waals surface area contributed by atoms with Gasteiger partial charge >= 0.3 is 0 Å². The number of benzene rings is 1. The monoisotopic (exact) mass is 134 g/mol. The molecule has 2 nitrogen and oxygen atoms in total. The van der Waals surface area contributed by atoms with Crippen LogP contribution in [0.2, 0.25) is 0 Å². The van der Waals surface area contributed by atoms with Crippen LogP contribution in [-0.4, -0.2) is 7.05 Å². The highest BCUT2D eigenvalue weighted by molar-refractivity contribution is 5.55. The number of nitrogens with one attached hydrogen (secondary N) is 1. The summed E-state index contributed by atoms with van der Waals surface area (Å²) in [4.78, 5) is 0. The molecule has 0 bridgehead atoms. The number of fused-ring (bicyclic) bond motifs is 1. The van der Waals surface area contributed by atoms with Crippen molar-refractivity contribution in [1.29, 1.82) is 0 Å². The molecule has 2 rings (SSSR count). The minimum absolute atomic E-state index is 0.965. The van der Waals surface area contributed by atoms with Gasteiger partial charge in [0.2, 0.25) is 0 Å². The molecule has 0 atom stereocenters. The lowest BCUT2D eigenvalue weighted by Crippen LogP contribution is -2.26. The van der Waals surface area contributed by atoms with Crippen LogP contribution in [0.5, 0.6) is 0 Å². The number of hydrogen-bond acceptors (Lipinski definition) is 2. The Bertz CT molecular complexity index is 245. The molecule has 10 heavy (non-hydrogen) atoms. The summed E-state index contributed by atoms with van der Waals surface area (Å²) >= 11 is 0. The molecule has 0 aromatic heterocycles. The van der Waals surface area contributed by atoms with Crippen LogP contribution in [0.4, 0.5) is 5.69 Å². The van der Waals surface area contributed by atoms with E-state index in [9.17, 15) is 0 Å². The quantitative estimate of drug-likeness (QED) is 0.572. The molecule has 1 aromatic rings. The highest BCUT2D eigenvalue weighted by atomic mass is 15.5. The molecule has 0 radical (unpaired) electrons. The molecule has 2 heteroatoms. The molecule has 1 aliphatic rings. The summed E-state index contributed by atoms with van der Waals surface area (Å²) in [6.45, 7) is 0.965. The third-order valence-corrected chi connectivity index (χ3v) is 1.86. The van der Waals surface area contributed by atoms with Crippen molar-refractivity contribution in [2.24, 2.45) is 0 Å². The minimum Gasteiger partial charge on any atom is -0.311 e. The van der Waals surface area contributed by atoms with Gasteiger partial charge in [-0.25, -0.2) is 5.43 Å². The molecule has 1 N–H and O–H groups in total. The number of para-hydroxylation sites is 1. The fourth-order valence-electron chi connectivity index (χ4n) is 1.28. The van der Waals surface area contributed by atoms with Gasteiger partial charge in [-0.2, -0.15) is 0 Å². The molecule has 0 saturated heterocycles. The van der Waals surface area contributed by atoms with Crippen molar-refractivity contribution in [1.82, 2.24) is 5.43 Å². The Labute approximate surface area is 60.4 Å². The lowest BCUT2D eigenvalue weighted by atomic mass is 10.2. The van der Waals surface area contributed by atoms with E-state index in [0.717, 1.165) is 6.54 Å². The first-order valence-corrected chi connectivity index (χ1v) is 3.43. The van der Waals surface area contributed by atoms with Gasteiger partial charge in [0.05, 0.1) is 5.69 Å². The third kappa shape index (κ3) is 0.693. The second kappa shape index (κ2) is 1.99. The molecule has 1 aliphatic heterocycles. The van der Waals surface area contributed by atoms with Crippen LogP contribution in [0.1, 0.15) is 5.56 Å². The van der Waals surface area contributed by atoms with Crippen LogP contribution in [0.25, 0.3) is 0 Å². The largest absolute Gasteiger partial charge is 0.311 e. The molecule has 0 aliphatic carbocycles. The van der Waals surface area contributed by atoms with E-state index in [-0.39, 0.29) is 0 Å². The number of anilines is 1. The number of hydrogen-bond donors (Lipinski definition) is 1. The van der Waals surface area contributed by atoms with Gasteiger partial charge in [-0.15, -0.1) is 0 Å². The van der Waals surface area contributed by atoms with Crippen molar-refractivity contribution < 1.29 is 0 Å². The van der Waals surface area contributed by atoms with Crippen LogP contribution in [-0.2, 0) is 6.54 Å². The van der Waals surface area contributed by atoms with E-state index in [1.54, 1.807) is 0 Å². The van der Waals surface area contributed by atoms with E-state index in [2.05, 4.69) is 34.7 Å². The molecule has 0 fully saturated rings. The highest BCUT2D eigenvalue weighted by Gasteiger charge is 2.12. The van der Waals surface area contributed by atoms with Crippen LogP contribution in [0, 0.1) is 0 Å². The Balaban J connectivity index is 2.51. The molecule has 0 spiro atoms. The maximum Gasteiger partial charge on any atom is 0.0562 e. The summed E-state index contributed by atoms with van der Waals surface area (Å²) in [5.74, 6) is 0. The van der Waals surface area contributed by atoms with Crippen molar-refractivity contribution in [3.8, 4) is 0 Å². The molecule has 52 valence electrons. The van der Waals surface area contributed by atoms with Gasteiger partial charge in [-0.3, -0.25) is 0 Å². The van der Waals surface area contributed by atoms with E-state index < -0.39 is 0 Å². The maximum atomic E-state index is 3.22. The fraction of sp³-hybridized carbons (Fsp3) is 0.250. The lowest BCUT2D eigenvalue weighted by Gasteiger charge is -2.10. The molecular weight excluding hydrogens is 124 g/mol. The van der Waals surface area contributed by atoms with Crippen molar-refractivity contribution in [2.75, 3.05) is 12.1 Å². The SMILES string of the molecule is CN1NCc2ccccc21. The molecule has 0 amide bonds. The van der Waals surface area contributed by atoms with Gasteiger partial charge in [-0.05, 0) is 11.6 Å². The van der Waals surface area contributed by atoms with Gasteiger partial charge in [0.15, 0.2) is 0 Å². The molecule has 1 heterocycles. The predicted octanol–water partition coefficient (Wildman–Crippen LogP) is 1.14. The Morgan fingerprint density at radius 3 is 3.00 bits per heavy atom. The lowest BCUT2D eigenvalue weighted by molar-refractivity contribution is 0.734. The standard InChI is InChI=1S/C8H10N2/c1-10-8-5-3-2-4-7(8)6-9-10/h2-5,9H,6H2,1H3. The Morgan fingerprint density at radius 1 is 1.40 bits per heavy atom. The van der Waals surface area contributed by atoms with Crippen molar-refractivity contribution in [3.05, 3.63) is 29.8 Å². The van der Waals surface area contributed by atoms with E-state index in [4.69, 9.17) is 0 Å². The van der Waals surface area contributed by atoms with E-state index in [1.807, 2.05) is 7.05 Å². The van der Waals surface area contributed by atoms with Crippen LogP contribution < -0.4 is 10.4 Å². The van der Waals surface area contributed by atoms with Crippen molar-refractivity contribution in [3.63, 3.8) is 0 Å². The van der Waals surface area contributed by atoms with Crippen molar-refractivity contribution in [2.45, 2.75) is 6.54 Å². The maximum absolute atomic E-state index is 3.22. The Hall–Kier alpha value is -1.02. The summed E-state index contributed by atoms with van der Waals surface area (Å²) in [6.07, 6.45) is 0. The van der Waals surface area contributed by atoms with Crippen LogP contribution in [0.3, 0.4) is 0 Å². The number of rotatable bonds is 0. The van der Waals surface area contributed by atoms with E-state index in [1.165, 1.54) is 11.3 Å². The topological polar surface area (TPSA) is 15.3 Å². The Kier molecular flexibility index (Phi) is 1.14.